The Morgan fingerprint density at radius 1 is 1.58 bits per heavy atom. The van der Waals surface area contributed by atoms with Crippen molar-refractivity contribution in [3.8, 4) is 0 Å². The van der Waals surface area contributed by atoms with Gasteiger partial charge in [0, 0.05) is 0 Å². The van der Waals surface area contributed by atoms with Crippen molar-refractivity contribution in [1.29, 1.82) is 0 Å². The average molecular weight is 232 g/mol. The summed E-state index contributed by atoms with van der Waals surface area (Å²) in [6, 6.07) is 2.19. The summed E-state index contributed by atoms with van der Waals surface area (Å²) < 4.78 is 1.23. The Bertz CT molecular complexity index is 408. The number of rotatable bonds is 1. The van der Waals surface area contributed by atoms with Crippen molar-refractivity contribution in [3.63, 3.8) is 0 Å². The second-order valence-electron chi connectivity index (χ2n) is 2.90. The molecule has 56 valence electrons. The van der Waals surface area contributed by atoms with Crippen molar-refractivity contribution in [2.75, 3.05) is 0 Å². The zero-order valence-electron chi connectivity index (χ0n) is 7.26. The second kappa shape index (κ2) is 3.66. The molecule has 0 saturated carbocycles. The first kappa shape index (κ1) is 9.00. The molecule has 12 heavy (non-hydrogen) atoms. The van der Waals surface area contributed by atoms with Gasteiger partial charge in [-0.2, -0.15) is 0 Å². The van der Waals surface area contributed by atoms with Gasteiger partial charge in [0.15, 0.2) is 0 Å². The van der Waals surface area contributed by atoms with Crippen molar-refractivity contribution in [2.45, 2.75) is 6.41 Å². The fourth-order valence-electron chi connectivity index (χ4n) is 1.26. The Morgan fingerprint density at radius 3 is 3.17 bits per heavy atom. The minimum absolute atomic E-state index is 0.710. The molecule has 0 radical (unpaired) electrons. The van der Waals surface area contributed by atoms with E-state index in [9.17, 15) is 0 Å². The van der Waals surface area contributed by atoms with Gasteiger partial charge < -0.3 is 0 Å². The number of fused-ring (bicyclic) bond motifs is 1. The van der Waals surface area contributed by atoms with Crippen molar-refractivity contribution in [1.82, 2.24) is 15.2 Å². The summed E-state index contributed by atoms with van der Waals surface area (Å²) in [5.74, 6) is 0. The SMILES string of the molecule is Cc1n[nH]c2ncc([CH2][Rb])cc12. The van der Waals surface area contributed by atoms with Gasteiger partial charge >= 0.3 is 112 Å². The van der Waals surface area contributed by atoms with E-state index in [2.05, 4.69) is 21.2 Å². The third-order valence-electron chi connectivity index (χ3n) is 2.07. The van der Waals surface area contributed by atoms with Gasteiger partial charge in [-0.1, -0.05) is 0 Å². The van der Waals surface area contributed by atoms with Crippen LogP contribution in [0.5, 0.6) is 0 Å². The molecular weight excluding hydrogens is 224 g/mol. The van der Waals surface area contributed by atoms with Crippen molar-refractivity contribution < 1.29 is 0 Å². The van der Waals surface area contributed by atoms with Crippen LogP contribution in [-0.4, -0.2) is 70.7 Å². The Morgan fingerprint density at radius 2 is 2.42 bits per heavy atom. The molecule has 0 saturated heterocycles. The summed E-state index contributed by atoms with van der Waals surface area (Å²) in [5, 5.41) is 8.16. The number of aromatic nitrogens is 3. The van der Waals surface area contributed by atoms with E-state index in [0.29, 0.717) is 55.5 Å². The molecule has 2 aromatic rings. The fourth-order valence-corrected chi connectivity index (χ4v) is 2.21. The second-order valence-corrected chi connectivity index (χ2v) is 4.64. The van der Waals surface area contributed by atoms with E-state index >= 15 is 0 Å². The third-order valence-corrected chi connectivity index (χ3v) is 4.08. The zero-order chi connectivity index (χ0) is 8.55. The zero-order valence-corrected chi connectivity index (χ0v) is 12.2. The van der Waals surface area contributed by atoms with Gasteiger partial charge in [-0.05, 0) is 0 Å². The third kappa shape index (κ3) is 1.55. The maximum atomic E-state index is 4.29. The number of hydrogen-bond donors (Lipinski definition) is 1. The first-order valence-electron chi connectivity index (χ1n) is 4.11. The standard InChI is InChI=1S/C8H8N3.Rb/c1-5-3-7-6(2)10-11-8(7)9-4-5;/h3-4H,1H2,2H3,(H,9,10,11);. The molecule has 0 unspecified atom stereocenters. The normalized spacial score (nSPS) is 10.9. The van der Waals surface area contributed by atoms with Gasteiger partial charge in [0.2, 0.25) is 0 Å². The summed E-state index contributed by atoms with van der Waals surface area (Å²) in [4.78, 5) is 4.29. The van der Waals surface area contributed by atoms with Crippen LogP contribution in [0, 0.1) is 6.92 Å². The molecule has 4 heteroatoms. The molecule has 0 aliphatic heterocycles. The number of aromatic amines is 1. The van der Waals surface area contributed by atoms with E-state index in [4.69, 9.17) is 0 Å². The number of nitrogens with one attached hydrogen (secondary N) is 1. The quantitative estimate of drug-likeness (QED) is 0.794. The molecule has 0 fully saturated rings. The van der Waals surface area contributed by atoms with Crippen LogP contribution < -0.4 is 0 Å². The number of hydrogen-bond acceptors (Lipinski definition) is 2. The predicted octanol–water partition coefficient (Wildman–Crippen LogP) is 0.935. The summed E-state index contributed by atoms with van der Waals surface area (Å²) in [5.41, 5.74) is 3.30. The molecule has 0 aromatic carbocycles. The van der Waals surface area contributed by atoms with Gasteiger partial charge in [-0.3, -0.25) is 0 Å². The Labute approximate surface area is 110 Å². The van der Waals surface area contributed by atoms with Crippen LogP contribution in [0.15, 0.2) is 12.3 Å². The predicted molar refractivity (Wildman–Crippen MR) is 48.1 cm³/mol. The summed E-state index contributed by atoms with van der Waals surface area (Å²) >= 11 is 0.710. The van der Waals surface area contributed by atoms with Crippen LogP contribution in [0.1, 0.15) is 11.3 Å². The van der Waals surface area contributed by atoms with Crippen LogP contribution in [0.25, 0.3) is 11.0 Å². The van der Waals surface area contributed by atoms with Crippen LogP contribution in [0.2, 0.25) is 0 Å². The van der Waals surface area contributed by atoms with E-state index in [1.807, 2.05) is 13.1 Å². The molecule has 0 aliphatic carbocycles. The number of aryl methyl sites for hydroxylation is 1. The van der Waals surface area contributed by atoms with Gasteiger partial charge in [-0.25, -0.2) is 0 Å². The molecule has 3 nitrogen and oxygen atoms in total. The number of H-pyrrole nitrogens is 1. The fraction of sp³-hybridized carbons (Fsp3) is 0.250. The Kier molecular flexibility index (Phi) is 2.74. The van der Waals surface area contributed by atoms with Crippen LogP contribution in [0.3, 0.4) is 0 Å². The molecule has 0 spiro atoms. The molecule has 0 atom stereocenters. The van der Waals surface area contributed by atoms with Crippen molar-refractivity contribution in [2.24, 2.45) is 0 Å². The monoisotopic (exact) mass is 231 g/mol. The van der Waals surface area contributed by atoms with Crippen LogP contribution in [0.4, 0.5) is 0 Å². The summed E-state index contributed by atoms with van der Waals surface area (Å²) in [7, 11) is 0. The molecule has 0 aliphatic rings. The summed E-state index contributed by atoms with van der Waals surface area (Å²) in [6.45, 7) is 2.00. The molecule has 0 amide bonds. The van der Waals surface area contributed by atoms with Gasteiger partial charge in [0.1, 0.15) is 0 Å². The van der Waals surface area contributed by atoms with Gasteiger partial charge in [0.25, 0.3) is 0 Å². The topological polar surface area (TPSA) is 41.6 Å². The average Bonchev–Trinajstić information content (AvgIpc) is 2.47. The van der Waals surface area contributed by atoms with E-state index in [-0.39, 0.29) is 0 Å². The molecule has 2 rings (SSSR count). The van der Waals surface area contributed by atoms with E-state index < -0.39 is 0 Å². The van der Waals surface area contributed by atoms with E-state index in [0.717, 1.165) is 11.3 Å². The van der Waals surface area contributed by atoms with Gasteiger partial charge in [0.05, 0.1) is 0 Å². The minimum atomic E-state index is 0.710. The number of nitrogens with zero attached hydrogens (tertiary/aromatic N) is 2. The van der Waals surface area contributed by atoms with Gasteiger partial charge in [-0.15, -0.1) is 0 Å². The Balaban J connectivity index is 2.71. The maximum absolute atomic E-state index is 4.29. The molecule has 2 aromatic heterocycles. The van der Waals surface area contributed by atoms with E-state index in [1.165, 1.54) is 10.4 Å². The van der Waals surface area contributed by atoms with E-state index in [1.54, 1.807) is 0 Å². The van der Waals surface area contributed by atoms with Crippen LogP contribution >= 0.6 is 0 Å². The molecule has 2 heterocycles. The molecule has 1 N–H and O–H groups in total. The van der Waals surface area contributed by atoms with Crippen LogP contribution in [-0.2, 0) is -0.511 Å². The molecular formula is C8H8N3Rb. The first-order chi connectivity index (χ1) is 5.81. The Hall–Kier alpha value is 0.425. The first-order valence-corrected chi connectivity index (χ1v) is 7.58. The van der Waals surface area contributed by atoms with Crippen molar-refractivity contribution in [3.05, 3.63) is 23.5 Å². The summed E-state index contributed by atoms with van der Waals surface area (Å²) in [6.07, 6.45) is 1.94. The number of pyridine rings is 1. The molecule has 0 bridgehead atoms. The van der Waals surface area contributed by atoms with Crippen molar-refractivity contribution >= 4 is 66.6 Å².